The van der Waals surface area contributed by atoms with Crippen molar-refractivity contribution >= 4 is 40.9 Å². The first kappa shape index (κ1) is 20.7. The minimum Gasteiger partial charge on any atom is -0.332 e. The molecule has 2 atom stereocenters. The normalized spacial score (nSPS) is 19.2. The lowest BCUT2D eigenvalue weighted by atomic mass is 10.1. The number of nitrogens with one attached hydrogen (secondary N) is 3. The molecule has 0 saturated carbocycles. The lowest BCUT2D eigenvalue weighted by Crippen LogP contribution is -2.55. The highest BCUT2D eigenvalue weighted by Crippen LogP contribution is 2.22. The van der Waals surface area contributed by atoms with Crippen LogP contribution in [0.1, 0.15) is 29.5 Å². The quantitative estimate of drug-likeness (QED) is 0.664. The molecule has 28 heavy (non-hydrogen) atoms. The fraction of sp³-hybridized carbons (Fsp3) is 0.333. The van der Waals surface area contributed by atoms with Gasteiger partial charge in [0, 0.05) is 35.3 Å². The molecule has 3 rings (SSSR count). The van der Waals surface area contributed by atoms with Gasteiger partial charge in [-0.3, -0.25) is 14.9 Å². The van der Waals surface area contributed by atoms with E-state index in [-0.39, 0.29) is 36.2 Å². The van der Waals surface area contributed by atoms with Crippen LogP contribution in [0.25, 0.3) is 0 Å². The second kappa shape index (κ2) is 9.45. The molecule has 1 aliphatic rings. The van der Waals surface area contributed by atoms with Gasteiger partial charge in [-0.1, -0.05) is 41.9 Å². The summed E-state index contributed by atoms with van der Waals surface area (Å²) in [7, 11) is 0. The summed E-state index contributed by atoms with van der Waals surface area (Å²) in [5.74, 6) is 0.565. The van der Waals surface area contributed by atoms with Crippen molar-refractivity contribution in [2.75, 3.05) is 5.32 Å². The van der Waals surface area contributed by atoms with Crippen molar-refractivity contribution in [2.45, 2.75) is 44.0 Å². The number of hydrogen-bond acceptors (Lipinski definition) is 4. The third kappa shape index (κ3) is 5.74. The predicted molar refractivity (Wildman–Crippen MR) is 115 cm³/mol. The van der Waals surface area contributed by atoms with Crippen molar-refractivity contribution in [1.29, 1.82) is 0 Å². The summed E-state index contributed by atoms with van der Waals surface area (Å²) in [6.07, 6.45) is 0.532. The summed E-state index contributed by atoms with van der Waals surface area (Å²) in [5.41, 5.74) is 3.75. The zero-order chi connectivity index (χ0) is 20.1. The summed E-state index contributed by atoms with van der Waals surface area (Å²) >= 11 is 7.59. The third-order valence-corrected chi connectivity index (χ3v) is 5.92. The molecule has 5 nitrogen and oxygen atoms in total. The highest BCUT2D eigenvalue weighted by molar-refractivity contribution is 7.99. The van der Waals surface area contributed by atoms with Gasteiger partial charge in [0.2, 0.25) is 11.8 Å². The van der Waals surface area contributed by atoms with Crippen LogP contribution >= 0.6 is 23.4 Å². The third-order valence-electron chi connectivity index (χ3n) is 4.59. The predicted octanol–water partition coefficient (Wildman–Crippen LogP) is 3.98. The molecular formula is C21H24ClN3O2S. The van der Waals surface area contributed by atoms with Gasteiger partial charge in [-0.05, 0) is 42.7 Å². The second-order valence-corrected chi connectivity index (χ2v) is 8.51. The van der Waals surface area contributed by atoms with E-state index < -0.39 is 0 Å². The highest BCUT2D eigenvalue weighted by Gasteiger charge is 2.27. The van der Waals surface area contributed by atoms with Crippen LogP contribution in [0.15, 0.2) is 42.5 Å². The Balaban J connectivity index is 1.55. The van der Waals surface area contributed by atoms with Crippen molar-refractivity contribution in [1.82, 2.24) is 10.6 Å². The van der Waals surface area contributed by atoms with E-state index in [1.54, 1.807) is 11.8 Å². The van der Waals surface area contributed by atoms with E-state index in [2.05, 4.69) is 16.0 Å². The van der Waals surface area contributed by atoms with E-state index in [0.29, 0.717) is 10.8 Å². The van der Waals surface area contributed by atoms with Gasteiger partial charge < -0.3 is 10.6 Å². The fourth-order valence-electron chi connectivity index (χ4n) is 3.20. The average Bonchev–Trinajstić information content (AvgIpc) is 2.63. The Labute approximate surface area is 174 Å². The SMILES string of the molecule is Cc1cccc(C)c1NC(=O)CC1CC(=O)NC(SCc2cccc(Cl)c2)N1. The summed E-state index contributed by atoms with van der Waals surface area (Å²) in [4.78, 5) is 24.6. The monoisotopic (exact) mass is 417 g/mol. The van der Waals surface area contributed by atoms with Crippen molar-refractivity contribution in [2.24, 2.45) is 0 Å². The Morgan fingerprint density at radius 1 is 1.21 bits per heavy atom. The molecule has 0 radical (unpaired) electrons. The number of aryl methyl sites for hydroxylation is 2. The van der Waals surface area contributed by atoms with Gasteiger partial charge in [-0.15, -0.1) is 11.8 Å². The highest BCUT2D eigenvalue weighted by atomic mass is 35.5. The maximum Gasteiger partial charge on any atom is 0.225 e. The van der Waals surface area contributed by atoms with E-state index >= 15 is 0 Å². The molecule has 0 aliphatic carbocycles. The zero-order valence-corrected chi connectivity index (χ0v) is 17.5. The Morgan fingerprint density at radius 2 is 1.93 bits per heavy atom. The number of carbonyl (C=O) groups excluding carboxylic acids is 2. The van der Waals surface area contributed by atoms with Gasteiger partial charge in [-0.2, -0.15) is 0 Å². The Kier molecular flexibility index (Phi) is 6.99. The van der Waals surface area contributed by atoms with E-state index in [1.807, 2.05) is 56.3 Å². The molecule has 1 saturated heterocycles. The molecule has 1 fully saturated rings. The molecule has 1 aliphatic heterocycles. The van der Waals surface area contributed by atoms with Crippen LogP contribution in [-0.2, 0) is 15.3 Å². The van der Waals surface area contributed by atoms with E-state index in [4.69, 9.17) is 11.6 Å². The largest absolute Gasteiger partial charge is 0.332 e. The van der Waals surface area contributed by atoms with Crippen molar-refractivity contribution in [3.05, 3.63) is 64.2 Å². The summed E-state index contributed by atoms with van der Waals surface area (Å²) in [6, 6.07) is 13.4. The smallest absolute Gasteiger partial charge is 0.225 e. The van der Waals surface area contributed by atoms with Crippen LogP contribution in [0.4, 0.5) is 5.69 Å². The van der Waals surface area contributed by atoms with Gasteiger partial charge in [0.05, 0.1) is 0 Å². The number of rotatable bonds is 6. The Bertz CT molecular complexity index is 854. The molecule has 2 aromatic rings. The molecular weight excluding hydrogens is 394 g/mol. The number of amides is 2. The number of hydrogen-bond donors (Lipinski definition) is 3. The van der Waals surface area contributed by atoms with Crippen LogP contribution in [-0.4, -0.2) is 23.4 Å². The lowest BCUT2D eigenvalue weighted by molar-refractivity contribution is -0.124. The van der Waals surface area contributed by atoms with Crippen LogP contribution < -0.4 is 16.0 Å². The maximum atomic E-state index is 12.5. The molecule has 0 aromatic heterocycles. The summed E-state index contributed by atoms with van der Waals surface area (Å²) in [5, 5.41) is 9.95. The van der Waals surface area contributed by atoms with Crippen LogP contribution in [0.2, 0.25) is 5.02 Å². The summed E-state index contributed by atoms with van der Waals surface area (Å²) < 4.78 is 0. The van der Waals surface area contributed by atoms with Gasteiger partial charge in [0.25, 0.3) is 0 Å². The second-order valence-electron chi connectivity index (χ2n) is 6.98. The number of para-hydroxylation sites is 1. The van der Waals surface area contributed by atoms with E-state index in [9.17, 15) is 9.59 Å². The summed E-state index contributed by atoms with van der Waals surface area (Å²) in [6.45, 7) is 3.94. The Morgan fingerprint density at radius 3 is 2.64 bits per heavy atom. The maximum absolute atomic E-state index is 12.5. The topological polar surface area (TPSA) is 70.2 Å². The molecule has 3 N–H and O–H groups in total. The number of halogens is 1. The van der Waals surface area contributed by atoms with Crippen LogP contribution in [0.5, 0.6) is 0 Å². The van der Waals surface area contributed by atoms with Gasteiger partial charge >= 0.3 is 0 Å². The minimum absolute atomic E-state index is 0.0489. The molecule has 2 amide bonds. The Hall–Kier alpha value is -2.02. The van der Waals surface area contributed by atoms with Crippen molar-refractivity contribution in [3.63, 3.8) is 0 Å². The minimum atomic E-state index is -0.238. The van der Waals surface area contributed by atoms with Gasteiger partial charge in [0.15, 0.2) is 0 Å². The zero-order valence-electron chi connectivity index (χ0n) is 15.9. The van der Waals surface area contributed by atoms with Crippen LogP contribution in [0.3, 0.4) is 0 Å². The van der Waals surface area contributed by atoms with E-state index in [0.717, 1.165) is 22.4 Å². The van der Waals surface area contributed by atoms with Gasteiger partial charge in [-0.25, -0.2) is 0 Å². The molecule has 148 valence electrons. The number of benzene rings is 2. The number of thioether (sulfide) groups is 1. The first-order chi connectivity index (χ1) is 13.4. The molecule has 0 bridgehead atoms. The standard InChI is InChI=1S/C21H24ClN3O2S/c1-13-5-3-6-14(2)20(13)24-18(26)10-17-11-19(27)25-21(23-17)28-12-15-7-4-8-16(22)9-15/h3-9,17,21,23H,10-12H2,1-2H3,(H,24,26)(H,25,27). The first-order valence-electron chi connectivity index (χ1n) is 9.18. The van der Waals surface area contributed by atoms with Crippen LogP contribution in [0, 0.1) is 13.8 Å². The van der Waals surface area contributed by atoms with Crippen molar-refractivity contribution in [3.8, 4) is 0 Å². The molecule has 2 aromatic carbocycles. The molecule has 0 spiro atoms. The lowest BCUT2D eigenvalue weighted by Gasteiger charge is -2.31. The molecule has 2 unspecified atom stereocenters. The van der Waals surface area contributed by atoms with Gasteiger partial charge in [0.1, 0.15) is 5.50 Å². The first-order valence-corrected chi connectivity index (χ1v) is 10.6. The fourth-order valence-corrected chi connectivity index (χ4v) is 4.45. The van der Waals surface area contributed by atoms with Crippen molar-refractivity contribution < 1.29 is 9.59 Å². The number of carbonyl (C=O) groups is 2. The molecule has 7 heteroatoms. The average molecular weight is 418 g/mol. The van der Waals surface area contributed by atoms with E-state index in [1.165, 1.54) is 0 Å². The molecule has 1 heterocycles. The number of anilines is 1.